The van der Waals surface area contributed by atoms with Crippen LogP contribution in [0.1, 0.15) is 34.1 Å². The van der Waals surface area contributed by atoms with Crippen molar-refractivity contribution in [3.05, 3.63) is 64.8 Å². The standard InChI is InChI=1S/C24H25N3O3/c1-15-5-4-6-18(11-15)27-10-9-26(13-17(27)3)24(28)22-20-14-29-21-8-7-16(2)12-19(21)23(20)30-25-22/h4-8,11-12,17H,9-10,13-14H2,1-3H3/t17-/m1/s1. The minimum Gasteiger partial charge on any atom is -0.488 e. The molecule has 2 aliphatic heterocycles. The molecule has 30 heavy (non-hydrogen) atoms. The van der Waals surface area contributed by atoms with Crippen LogP contribution in [-0.2, 0) is 6.61 Å². The van der Waals surface area contributed by atoms with Crippen molar-refractivity contribution in [3.63, 3.8) is 0 Å². The van der Waals surface area contributed by atoms with Gasteiger partial charge in [-0.05, 0) is 50.6 Å². The normalized spacial score (nSPS) is 17.9. The molecule has 0 bridgehead atoms. The second kappa shape index (κ2) is 7.20. The minimum atomic E-state index is -0.0876. The van der Waals surface area contributed by atoms with Crippen LogP contribution < -0.4 is 9.64 Å². The molecule has 1 saturated heterocycles. The molecule has 3 aromatic rings. The van der Waals surface area contributed by atoms with Gasteiger partial charge in [-0.1, -0.05) is 28.9 Å². The summed E-state index contributed by atoms with van der Waals surface area (Å²) in [6.07, 6.45) is 0. The molecule has 3 heterocycles. The molecule has 0 radical (unpaired) electrons. The number of hydrogen-bond donors (Lipinski definition) is 0. The molecule has 6 heteroatoms. The van der Waals surface area contributed by atoms with Crippen molar-refractivity contribution in [1.82, 2.24) is 10.1 Å². The van der Waals surface area contributed by atoms with Crippen molar-refractivity contribution in [1.29, 1.82) is 0 Å². The summed E-state index contributed by atoms with van der Waals surface area (Å²) >= 11 is 0. The highest BCUT2D eigenvalue weighted by Crippen LogP contribution is 2.39. The lowest BCUT2D eigenvalue weighted by molar-refractivity contribution is 0.0713. The lowest BCUT2D eigenvalue weighted by atomic mass is 10.0. The van der Waals surface area contributed by atoms with Crippen molar-refractivity contribution in [2.45, 2.75) is 33.4 Å². The highest BCUT2D eigenvalue weighted by atomic mass is 16.5. The molecule has 154 valence electrons. The lowest BCUT2D eigenvalue weighted by Gasteiger charge is -2.41. The Balaban J connectivity index is 1.37. The van der Waals surface area contributed by atoms with Crippen LogP contribution in [0, 0.1) is 13.8 Å². The van der Waals surface area contributed by atoms with Crippen molar-refractivity contribution in [2.24, 2.45) is 0 Å². The Hall–Kier alpha value is -3.28. The Kier molecular flexibility index (Phi) is 4.50. The zero-order valence-corrected chi connectivity index (χ0v) is 17.5. The molecule has 0 N–H and O–H groups in total. The van der Waals surface area contributed by atoms with Crippen LogP contribution in [0.15, 0.2) is 47.0 Å². The number of piperazine rings is 1. The van der Waals surface area contributed by atoms with E-state index in [-0.39, 0.29) is 11.9 Å². The number of anilines is 1. The fourth-order valence-electron chi connectivity index (χ4n) is 4.40. The molecule has 0 saturated carbocycles. The summed E-state index contributed by atoms with van der Waals surface area (Å²) in [5, 5.41) is 4.16. The third-order valence-corrected chi connectivity index (χ3v) is 5.99. The van der Waals surface area contributed by atoms with Gasteiger partial charge in [-0.3, -0.25) is 4.79 Å². The molecule has 5 rings (SSSR count). The number of amides is 1. The average molecular weight is 403 g/mol. The van der Waals surface area contributed by atoms with E-state index < -0.39 is 0 Å². The van der Waals surface area contributed by atoms with E-state index in [1.54, 1.807) is 0 Å². The van der Waals surface area contributed by atoms with E-state index in [1.165, 1.54) is 11.3 Å². The summed E-state index contributed by atoms with van der Waals surface area (Å²) in [5.41, 5.74) is 5.52. The quantitative estimate of drug-likeness (QED) is 0.642. The van der Waals surface area contributed by atoms with Crippen LogP contribution in [0.4, 0.5) is 5.69 Å². The topological polar surface area (TPSA) is 58.8 Å². The molecule has 0 spiro atoms. The van der Waals surface area contributed by atoms with E-state index in [2.05, 4.69) is 48.2 Å². The fraction of sp³-hybridized carbons (Fsp3) is 0.333. The van der Waals surface area contributed by atoms with E-state index in [4.69, 9.17) is 9.26 Å². The van der Waals surface area contributed by atoms with Crippen LogP contribution in [-0.4, -0.2) is 41.6 Å². The van der Waals surface area contributed by atoms with Gasteiger partial charge in [0.15, 0.2) is 11.5 Å². The predicted molar refractivity (Wildman–Crippen MR) is 115 cm³/mol. The first-order valence-electron chi connectivity index (χ1n) is 10.4. The molecule has 1 fully saturated rings. The second-order valence-electron chi connectivity index (χ2n) is 8.26. The van der Waals surface area contributed by atoms with Crippen LogP contribution >= 0.6 is 0 Å². The van der Waals surface area contributed by atoms with Crippen LogP contribution in [0.3, 0.4) is 0 Å². The highest BCUT2D eigenvalue weighted by Gasteiger charge is 2.34. The maximum atomic E-state index is 13.3. The summed E-state index contributed by atoms with van der Waals surface area (Å²) in [5.74, 6) is 1.33. The molecular formula is C24H25N3O3. The Labute approximate surface area is 176 Å². The van der Waals surface area contributed by atoms with Gasteiger partial charge in [0, 0.05) is 31.4 Å². The molecule has 6 nitrogen and oxygen atoms in total. The number of rotatable bonds is 2. The molecule has 2 aliphatic rings. The van der Waals surface area contributed by atoms with E-state index in [1.807, 2.05) is 30.0 Å². The van der Waals surface area contributed by atoms with Gasteiger partial charge in [0.1, 0.15) is 12.4 Å². The van der Waals surface area contributed by atoms with Gasteiger partial charge in [0.25, 0.3) is 5.91 Å². The van der Waals surface area contributed by atoms with E-state index in [0.29, 0.717) is 31.2 Å². The van der Waals surface area contributed by atoms with E-state index >= 15 is 0 Å². The first kappa shape index (κ1) is 18.7. The maximum absolute atomic E-state index is 13.3. The monoisotopic (exact) mass is 403 g/mol. The van der Waals surface area contributed by atoms with E-state index in [9.17, 15) is 4.79 Å². The first-order valence-corrected chi connectivity index (χ1v) is 10.4. The minimum absolute atomic E-state index is 0.0876. The summed E-state index contributed by atoms with van der Waals surface area (Å²) in [6.45, 7) is 8.65. The number of aryl methyl sites for hydroxylation is 2. The number of fused-ring (bicyclic) bond motifs is 3. The van der Waals surface area contributed by atoms with Gasteiger partial charge >= 0.3 is 0 Å². The molecular weight excluding hydrogens is 378 g/mol. The van der Waals surface area contributed by atoms with Crippen LogP contribution in [0.5, 0.6) is 5.75 Å². The van der Waals surface area contributed by atoms with Crippen LogP contribution in [0.2, 0.25) is 0 Å². The Morgan fingerprint density at radius 3 is 2.73 bits per heavy atom. The smallest absolute Gasteiger partial charge is 0.276 e. The van der Waals surface area contributed by atoms with Crippen molar-refractivity contribution >= 4 is 11.6 Å². The molecule has 0 aliphatic carbocycles. The van der Waals surface area contributed by atoms with Crippen LogP contribution in [0.25, 0.3) is 11.3 Å². The molecule has 1 aromatic heterocycles. The zero-order chi connectivity index (χ0) is 20.8. The van der Waals surface area contributed by atoms with Gasteiger partial charge in [-0.25, -0.2) is 0 Å². The van der Waals surface area contributed by atoms with Gasteiger partial charge < -0.3 is 19.1 Å². The highest BCUT2D eigenvalue weighted by molar-refractivity contribution is 5.96. The molecule has 2 aromatic carbocycles. The maximum Gasteiger partial charge on any atom is 0.276 e. The third-order valence-electron chi connectivity index (χ3n) is 5.99. The van der Waals surface area contributed by atoms with Crippen molar-refractivity contribution in [2.75, 3.05) is 24.5 Å². The number of benzene rings is 2. The van der Waals surface area contributed by atoms with Gasteiger partial charge in [-0.15, -0.1) is 0 Å². The van der Waals surface area contributed by atoms with Gasteiger partial charge in [-0.2, -0.15) is 0 Å². The summed E-state index contributed by atoms with van der Waals surface area (Å²) in [6, 6.07) is 14.7. The lowest BCUT2D eigenvalue weighted by Crippen LogP contribution is -2.54. The van der Waals surface area contributed by atoms with E-state index in [0.717, 1.165) is 29.0 Å². The number of carbonyl (C=O) groups excluding carboxylic acids is 1. The fourth-order valence-corrected chi connectivity index (χ4v) is 4.40. The molecule has 1 atom stereocenters. The molecule has 0 unspecified atom stereocenters. The number of ether oxygens (including phenoxy) is 1. The predicted octanol–water partition coefficient (Wildman–Crippen LogP) is 4.20. The van der Waals surface area contributed by atoms with Crippen molar-refractivity contribution in [3.8, 4) is 17.1 Å². The Morgan fingerprint density at radius 1 is 1.10 bits per heavy atom. The summed E-state index contributed by atoms with van der Waals surface area (Å²) < 4.78 is 11.5. The Morgan fingerprint density at radius 2 is 1.93 bits per heavy atom. The van der Waals surface area contributed by atoms with Gasteiger partial charge in [0.05, 0.1) is 11.1 Å². The SMILES string of the molecule is Cc1cccc(N2CCN(C(=O)c3noc4c3COc3ccc(C)cc3-4)C[C@H]2C)c1. The van der Waals surface area contributed by atoms with Gasteiger partial charge in [0.2, 0.25) is 0 Å². The Bertz CT molecular complexity index is 1120. The van der Waals surface area contributed by atoms with Crippen molar-refractivity contribution < 1.29 is 14.1 Å². The second-order valence-corrected chi connectivity index (χ2v) is 8.26. The zero-order valence-electron chi connectivity index (χ0n) is 17.5. The summed E-state index contributed by atoms with van der Waals surface area (Å²) in [7, 11) is 0. The number of nitrogens with zero attached hydrogens (tertiary/aromatic N) is 3. The summed E-state index contributed by atoms with van der Waals surface area (Å²) in [4.78, 5) is 17.5. The number of aromatic nitrogens is 1. The first-order chi connectivity index (χ1) is 14.5. The average Bonchev–Trinajstić information content (AvgIpc) is 3.17. The third kappa shape index (κ3) is 3.12. The number of hydrogen-bond acceptors (Lipinski definition) is 5. The molecule has 1 amide bonds. The largest absolute Gasteiger partial charge is 0.488 e. The number of carbonyl (C=O) groups is 1.